The number of Topliss-reactive ketones (excluding diaryl/α,β-unsaturated/α-hetero) is 1. The summed E-state index contributed by atoms with van der Waals surface area (Å²) in [5.74, 6) is -0.470. The molecular formula is C10H7NNaO2Si. The first-order chi connectivity index (χ1) is 6.20. The second-order valence-electron chi connectivity index (χ2n) is 2.84. The van der Waals surface area contributed by atoms with Crippen LogP contribution in [0.5, 0.6) is 0 Å². The van der Waals surface area contributed by atoms with E-state index in [0.29, 0.717) is 11.1 Å². The summed E-state index contributed by atoms with van der Waals surface area (Å²) in [7, 11) is 0. The van der Waals surface area contributed by atoms with Crippen LogP contribution in [0.15, 0.2) is 36.0 Å². The van der Waals surface area contributed by atoms with E-state index in [9.17, 15) is 9.59 Å². The quantitative estimate of drug-likeness (QED) is 0.638. The number of fused-ring (bicyclic) bond motifs is 1. The molecule has 0 spiro atoms. The Balaban J connectivity index is 0.000000980. The maximum atomic E-state index is 11.4. The van der Waals surface area contributed by atoms with Crippen LogP contribution in [0.4, 0.5) is 0 Å². The van der Waals surface area contributed by atoms with Crippen LogP contribution in [0.3, 0.4) is 0 Å². The Labute approximate surface area is 114 Å². The van der Waals surface area contributed by atoms with Crippen LogP contribution < -0.4 is 5.73 Å². The van der Waals surface area contributed by atoms with Crippen molar-refractivity contribution in [2.45, 2.75) is 0 Å². The minimum Gasteiger partial charge on any atom is -0.395 e. The second kappa shape index (κ2) is 5.41. The number of carbonyl (C=O) groups is 2. The molecule has 15 heavy (non-hydrogen) atoms. The molecule has 1 aliphatic carbocycles. The van der Waals surface area contributed by atoms with E-state index in [1.54, 1.807) is 24.3 Å². The van der Waals surface area contributed by atoms with Crippen molar-refractivity contribution in [1.29, 1.82) is 0 Å². The Morgan fingerprint density at radius 3 is 2.13 bits per heavy atom. The molecule has 3 nitrogen and oxygen atoms in total. The first-order valence-electron chi connectivity index (χ1n) is 3.85. The van der Waals surface area contributed by atoms with E-state index in [-0.39, 0.29) is 57.8 Å². The van der Waals surface area contributed by atoms with Gasteiger partial charge in [-0.1, -0.05) is 24.3 Å². The molecule has 0 saturated heterocycles. The number of hydrogen-bond acceptors (Lipinski definition) is 3. The van der Waals surface area contributed by atoms with Crippen molar-refractivity contribution in [1.82, 2.24) is 0 Å². The predicted molar refractivity (Wildman–Crippen MR) is 58.9 cm³/mol. The molecule has 0 amide bonds. The average molecular weight is 224 g/mol. The van der Waals surface area contributed by atoms with Crippen molar-refractivity contribution < 1.29 is 9.59 Å². The molecule has 0 unspecified atom stereocenters. The van der Waals surface area contributed by atoms with E-state index in [0.717, 1.165) is 0 Å². The molecule has 0 saturated carbocycles. The van der Waals surface area contributed by atoms with Crippen LogP contribution in [-0.2, 0) is 0 Å². The van der Waals surface area contributed by atoms with Gasteiger partial charge in [-0.05, 0) is 0 Å². The molecule has 5 radical (unpaired) electrons. The van der Waals surface area contributed by atoms with Crippen LogP contribution in [-0.4, -0.2) is 52.1 Å². The first kappa shape index (κ1) is 14.3. The molecule has 1 aromatic rings. The summed E-state index contributed by atoms with van der Waals surface area (Å²) in [6.45, 7) is 0. The number of nitrogens with two attached hydrogens (primary N) is 1. The van der Waals surface area contributed by atoms with Crippen molar-refractivity contribution in [3.8, 4) is 0 Å². The van der Waals surface area contributed by atoms with Crippen LogP contribution in [0.1, 0.15) is 20.7 Å². The molecule has 2 N–H and O–H groups in total. The predicted octanol–water partition coefficient (Wildman–Crippen LogP) is 0.147. The standard InChI is InChI=1S/C10H7NO2.Na.Si/c11-8-5-9(12)6-3-1-2-4-7(6)10(8)13;;/h1-5H,11H2;;. The summed E-state index contributed by atoms with van der Waals surface area (Å²) >= 11 is 0. The molecule has 1 aliphatic rings. The average Bonchev–Trinajstić information content (AvgIpc) is 2.15. The molecular weight excluding hydrogens is 217 g/mol. The fourth-order valence-corrected chi connectivity index (χ4v) is 1.34. The minimum atomic E-state index is -0.268. The van der Waals surface area contributed by atoms with Gasteiger partial charge in [0.15, 0.2) is 5.78 Å². The Hall–Kier alpha value is -0.683. The number of carbonyl (C=O) groups excluding carboxylic acids is 2. The molecule has 2 rings (SSSR count). The third-order valence-corrected chi connectivity index (χ3v) is 1.99. The largest absolute Gasteiger partial charge is 0.395 e. The molecule has 5 heteroatoms. The summed E-state index contributed by atoms with van der Waals surface area (Å²) in [4.78, 5) is 22.7. The zero-order valence-electron chi connectivity index (χ0n) is 8.28. The van der Waals surface area contributed by atoms with Crippen molar-refractivity contribution in [3.05, 3.63) is 47.2 Å². The molecule has 0 aliphatic heterocycles. The Morgan fingerprint density at radius 2 is 1.53 bits per heavy atom. The van der Waals surface area contributed by atoms with Crippen LogP contribution in [0.25, 0.3) is 0 Å². The van der Waals surface area contributed by atoms with Gasteiger partial charge in [0.2, 0.25) is 5.78 Å². The van der Waals surface area contributed by atoms with Crippen LogP contribution >= 0.6 is 0 Å². The van der Waals surface area contributed by atoms with E-state index in [1.807, 2.05) is 0 Å². The molecule has 69 valence electrons. The molecule has 0 fully saturated rings. The molecule has 0 aromatic heterocycles. The summed E-state index contributed by atoms with van der Waals surface area (Å²) in [5.41, 5.74) is 6.22. The van der Waals surface area contributed by atoms with Crippen LogP contribution in [0.2, 0.25) is 0 Å². The van der Waals surface area contributed by atoms with Gasteiger partial charge in [-0.25, -0.2) is 0 Å². The number of rotatable bonds is 0. The fraction of sp³-hybridized carbons (Fsp3) is 0. The van der Waals surface area contributed by atoms with E-state index < -0.39 is 0 Å². The van der Waals surface area contributed by atoms with Crippen molar-refractivity contribution in [2.24, 2.45) is 5.73 Å². The summed E-state index contributed by atoms with van der Waals surface area (Å²) in [6, 6.07) is 6.66. The van der Waals surface area contributed by atoms with E-state index in [4.69, 9.17) is 5.73 Å². The van der Waals surface area contributed by atoms with E-state index >= 15 is 0 Å². The van der Waals surface area contributed by atoms with Gasteiger partial charge in [0.1, 0.15) is 0 Å². The van der Waals surface area contributed by atoms with Gasteiger partial charge >= 0.3 is 0 Å². The second-order valence-corrected chi connectivity index (χ2v) is 2.84. The zero-order valence-corrected chi connectivity index (χ0v) is 11.3. The first-order valence-corrected chi connectivity index (χ1v) is 3.85. The van der Waals surface area contributed by atoms with Gasteiger partial charge in [-0.15, -0.1) is 0 Å². The van der Waals surface area contributed by atoms with Gasteiger partial charge in [-0.2, -0.15) is 0 Å². The monoisotopic (exact) mass is 224 g/mol. The minimum absolute atomic E-state index is 0. The van der Waals surface area contributed by atoms with Gasteiger partial charge in [0, 0.05) is 57.7 Å². The SMILES string of the molecule is NC1=CC(=O)c2ccccc2C1=O.[Na].[Si]. The van der Waals surface area contributed by atoms with Crippen molar-refractivity contribution >= 4 is 52.1 Å². The third-order valence-electron chi connectivity index (χ3n) is 1.99. The van der Waals surface area contributed by atoms with Gasteiger partial charge < -0.3 is 5.73 Å². The molecule has 0 atom stereocenters. The Morgan fingerprint density at radius 1 is 1.00 bits per heavy atom. The van der Waals surface area contributed by atoms with Gasteiger partial charge in [-0.3, -0.25) is 9.59 Å². The number of allylic oxidation sites excluding steroid dienone is 2. The summed E-state index contributed by atoms with van der Waals surface area (Å²) in [5, 5.41) is 0. The summed E-state index contributed by atoms with van der Waals surface area (Å²) in [6.07, 6.45) is 1.17. The third kappa shape index (κ3) is 2.46. The summed E-state index contributed by atoms with van der Waals surface area (Å²) < 4.78 is 0. The van der Waals surface area contributed by atoms with Crippen molar-refractivity contribution in [2.75, 3.05) is 0 Å². The maximum Gasteiger partial charge on any atom is 0.209 e. The fourth-order valence-electron chi connectivity index (χ4n) is 1.34. The Kier molecular flexibility index (Phi) is 5.17. The normalized spacial score (nSPS) is 13.2. The maximum absolute atomic E-state index is 11.4. The number of benzene rings is 1. The molecule has 0 bridgehead atoms. The Bertz CT molecular complexity index is 443. The number of hydrogen-bond donors (Lipinski definition) is 1. The molecule has 0 heterocycles. The smallest absolute Gasteiger partial charge is 0.209 e. The van der Waals surface area contributed by atoms with Crippen molar-refractivity contribution in [3.63, 3.8) is 0 Å². The zero-order chi connectivity index (χ0) is 9.42. The molecule has 1 aromatic carbocycles. The van der Waals surface area contributed by atoms with Gasteiger partial charge in [0.25, 0.3) is 0 Å². The van der Waals surface area contributed by atoms with E-state index in [1.165, 1.54) is 6.08 Å². The van der Waals surface area contributed by atoms with E-state index in [2.05, 4.69) is 0 Å². The van der Waals surface area contributed by atoms with Crippen LogP contribution in [0, 0.1) is 0 Å². The number of ketones is 2. The topological polar surface area (TPSA) is 60.2 Å². The van der Waals surface area contributed by atoms with Gasteiger partial charge in [0.05, 0.1) is 5.70 Å².